The molecule has 14 heavy (non-hydrogen) atoms. The van der Waals surface area contributed by atoms with E-state index in [1.54, 1.807) is 5.57 Å². The zero-order valence-corrected chi connectivity index (χ0v) is 9.91. The standard InChI is InChI=1S/C12H21NS/c1-13-12(11-8-5-9-14-11)10-6-3-2-4-7-10/h6,11-13H,2-5,7-9H2,1H3. The number of thioether (sulfide) groups is 1. The first-order chi connectivity index (χ1) is 6.92. The van der Waals surface area contributed by atoms with Gasteiger partial charge in [0.1, 0.15) is 0 Å². The Kier molecular flexibility index (Phi) is 3.94. The van der Waals surface area contributed by atoms with Crippen LogP contribution in [0, 0.1) is 0 Å². The van der Waals surface area contributed by atoms with E-state index in [2.05, 4.69) is 30.2 Å². The fourth-order valence-corrected chi connectivity index (χ4v) is 4.09. The van der Waals surface area contributed by atoms with Gasteiger partial charge in [0.2, 0.25) is 0 Å². The summed E-state index contributed by atoms with van der Waals surface area (Å²) in [6, 6.07) is 0.669. The predicted octanol–water partition coefficient (Wildman–Crippen LogP) is 2.97. The monoisotopic (exact) mass is 211 g/mol. The minimum absolute atomic E-state index is 0.669. The number of rotatable bonds is 3. The Hall–Kier alpha value is 0.0500. The van der Waals surface area contributed by atoms with E-state index >= 15 is 0 Å². The molecule has 0 aromatic carbocycles. The van der Waals surface area contributed by atoms with Crippen molar-refractivity contribution in [1.82, 2.24) is 5.32 Å². The third-order valence-electron chi connectivity index (χ3n) is 3.37. The molecule has 0 radical (unpaired) electrons. The molecule has 0 spiro atoms. The smallest absolute Gasteiger partial charge is 0.0397 e. The van der Waals surface area contributed by atoms with Crippen LogP contribution in [0.5, 0.6) is 0 Å². The summed E-state index contributed by atoms with van der Waals surface area (Å²) in [4.78, 5) is 0. The van der Waals surface area contributed by atoms with E-state index in [1.807, 2.05) is 0 Å². The van der Waals surface area contributed by atoms with Crippen LogP contribution in [0.1, 0.15) is 38.5 Å². The summed E-state index contributed by atoms with van der Waals surface area (Å²) in [7, 11) is 2.12. The molecule has 1 N–H and O–H groups in total. The van der Waals surface area contributed by atoms with Crippen molar-refractivity contribution in [3.05, 3.63) is 11.6 Å². The van der Waals surface area contributed by atoms with Gasteiger partial charge in [-0.1, -0.05) is 11.6 Å². The van der Waals surface area contributed by atoms with Gasteiger partial charge in [-0.2, -0.15) is 11.8 Å². The number of hydrogen-bond acceptors (Lipinski definition) is 2. The highest BCUT2D eigenvalue weighted by Crippen LogP contribution is 2.33. The van der Waals surface area contributed by atoms with Crippen LogP contribution in [-0.2, 0) is 0 Å². The Morgan fingerprint density at radius 1 is 1.43 bits per heavy atom. The first-order valence-corrected chi connectivity index (χ1v) is 6.94. The topological polar surface area (TPSA) is 12.0 Å². The van der Waals surface area contributed by atoms with E-state index in [0.717, 1.165) is 5.25 Å². The minimum Gasteiger partial charge on any atom is -0.312 e. The van der Waals surface area contributed by atoms with Crippen LogP contribution < -0.4 is 5.32 Å². The molecule has 1 aliphatic carbocycles. The largest absolute Gasteiger partial charge is 0.312 e. The third kappa shape index (κ3) is 2.34. The maximum atomic E-state index is 3.52. The molecule has 1 saturated heterocycles. The van der Waals surface area contributed by atoms with Gasteiger partial charge >= 0.3 is 0 Å². The average molecular weight is 211 g/mol. The van der Waals surface area contributed by atoms with Crippen molar-refractivity contribution >= 4 is 11.8 Å². The van der Waals surface area contributed by atoms with Gasteiger partial charge in [-0.3, -0.25) is 0 Å². The van der Waals surface area contributed by atoms with Gasteiger partial charge in [0.25, 0.3) is 0 Å². The van der Waals surface area contributed by atoms with Crippen molar-refractivity contribution in [2.45, 2.75) is 49.8 Å². The van der Waals surface area contributed by atoms with Crippen LogP contribution in [-0.4, -0.2) is 24.1 Å². The first kappa shape index (κ1) is 10.6. The molecule has 2 heteroatoms. The highest BCUT2D eigenvalue weighted by Gasteiger charge is 2.27. The van der Waals surface area contributed by atoms with Crippen LogP contribution in [0.25, 0.3) is 0 Å². The molecule has 2 unspecified atom stereocenters. The molecule has 1 aliphatic heterocycles. The average Bonchev–Trinajstić information content (AvgIpc) is 2.74. The molecule has 1 nitrogen and oxygen atoms in total. The van der Waals surface area contributed by atoms with Gasteiger partial charge < -0.3 is 5.32 Å². The molecule has 1 fully saturated rings. The van der Waals surface area contributed by atoms with Crippen molar-refractivity contribution < 1.29 is 0 Å². The lowest BCUT2D eigenvalue weighted by Gasteiger charge is -2.27. The Bertz CT molecular complexity index is 206. The molecule has 1 heterocycles. The third-order valence-corrected chi connectivity index (χ3v) is 4.83. The number of nitrogens with one attached hydrogen (secondary N) is 1. The van der Waals surface area contributed by atoms with Crippen molar-refractivity contribution in [2.75, 3.05) is 12.8 Å². The van der Waals surface area contributed by atoms with Gasteiger partial charge in [0.15, 0.2) is 0 Å². The molecular formula is C12H21NS. The fourth-order valence-electron chi connectivity index (χ4n) is 2.62. The highest BCUT2D eigenvalue weighted by atomic mass is 32.2. The maximum absolute atomic E-state index is 3.52. The zero-order chi connectivity index (χ0) is 9.80. The van der Waals surface area contributed by atoms with Crippen molar-refractivity contribution in [1.29, 1.82) is 0 Å². The van der Waals surface area contributed by atoms with Crippen molar-refractivity contribution in [3.63, 3.8) is 0 Å². The molecule has 2 rings (SSSR count). The Labute approximate surface area is 91.7 Å². The summed E-state index contributed by atoms with van der Waals surface area (Å²) in [5, 5.41) is 4.38. The van der Waals surface area contributed by atoms with Gasteiger partial charge in [-0.15, -0.1) is 0 Å². The van der Waals surface area contributed by atoms with Crippen LogP contribution in [0.2, 0.25) is 0 Å². The summed E-state index contributed by atoms with van der Waals surface area (Å²) in [5.74, 6) is 1.37. The quantitative estimate of drug-likeness (QED) is 0.720. The van der Waals surface area contributed by atoms with Gasteiger partial charge in [-0.25, -0.2) is 0 Å². The van der Waals surface area contributed by atoms with Gasteiger partial charge in [0, 0.05) is 11.3 Å². The zero-order valence-electron chi connectivity index (χ0n) is 9.09. The normalized spacial score (nSPS) is 30.1. The van der Waals surface area contributed by atoms with E-state index in [1.165, 1.54) is 44.3 Å². The summed E-state index contributed by atoms with van der Waals surface area (Å²) in [6.07, 6.45) is 10.8. The predicted molar refractivity (Wildman–Crippen MR) is 64.9 cm³/mol. The van der Waals surface area contributed by atoms with E-state index in [4.69, 9.17) is 0 Å². The van der Waals surface area contributed by atoms with Crippen LogP contribution in [0.4, 0.5) is 0 Å². The number of allylic oxidation sites excluding steroid dienone is 1. The SMILES string of the molecule is CNC(C1=CCCCC1)C1CCCS1. The second-order valence-electron chi connectivity index (χ2n) is 4.34. The molecule has 0 aromatic heterocycles. The minimum atomic E-state index is 0.669. The molecule has 0 saturated carbocycles. The van der Waals surface area contributed by atoms with E-state index in [9.17, 15) is 0 Å². The Morgan fingerprint density at radius 3 is 2.93 bits per heavy atom. The van der Waals surface area contributed by atoms with E-state index in [0.29, 0.717) is 6.04 Å². The molecule has 0 aromatic rings. The number of hydrogen-bond donors (Lipinski definition) is 1. The molecule has 2 aliphatic rings. The van der Waals surface area contributed by atoms with Crippen molar-refractivity contribution in [2.24, 2.45) is 0 Å². The first-order valence-electron chi connectivity index (χ1n) is 5.89. The highest BCUT2D eigenvalue weighted by molar-refractivity contribution is 8.00. The lowest BCUT2D eigenvalue weighted by atomic mass is 9.91. The molecular weight excluding hydrogens is 190 g/mol. The molecule has 80 valence electrons. The van der Waals surface area contributed by atoms with Crippen molar-refractivity contribution in [3.8, 4) is 0 Å². The van der Waals surface area contributed by atoms with Crippen LogP contribution >= 0.6 is 11.8 Å². The summed E-state index contributed by atoms with van der Waals surface area (Å²) < 4.78 is 0. The lowest BCUT2D eigenvalue weighted by molar-refractivity contribution is 0.543. The van der Waals surface area contributed by atoms with E-state index < -0.39 is 0 Å². The van der Waals surface area contributed by atoms with Crippen LogP contribution in [0.15, 0.2) is 11.6 Å². The molecule has 2 atom stereocenters. The van der Waals surface area contributed by atoms with E-state index in [-0.39, 0.29) is 0 Å². The molecule has 0 amide bonds. The second-order valence-corrected chi connectivity index (χ2v) is 5.69. The summed E-state index contributed by atoms with van der Waals surface area (Å²) in [5.41, 5.74) is 1.69. The Morgan fingerprint density at radius 2 is 2.36 bits per heavy atom. The van der Waals surface area contributed by atoms with Crippen LogP contribution in [0.3, 0.4) is 0 Å². The van der Waals surface area contributed by atoms with Gasteiger partial charge in [0.05, 0.1) is 0 Å². The summed E-state index contributed by atoms with van der Waals surface area (Å²) >= 11 is 2.17. The van der Waals surface area contributed by atoms with Gasteiger partial charge in [-0.05, 0) is 51.3 Å². The summed E-state index contributed by atoms with van der Waals surface area (Å²) in [6.45, 7) is 0. The second kappa shape index (κ2) is 5.22. The Balaban J connectivity index is 1.99. The number of likely N-dealkylation sites (N-methyl/N-ethyl adjacent to an activating group) is 1. The lowest BCUT2D eigenvalue weighted by Crippen LogP contribution is -2.36. The molecule has 0 bridgehead atoms. The fraction of sp³-hybridized carbons (Fsp3) is 0.833. The maximum Gasteiger partial charge on any atom is 0.0397 e.